The van der Waals surface area contributed by atoms with Gasteiger partial charge in [0, 0.05) is 7.11 Å². The first kappa shape index (κ1) is 10.1. The van der Waals surface area contributed by atoms with Gasteiger partial charge in [0.1, 0.15) is 5.75 Å². The lowest BCUT2D eigenvalue weighted by Gasteiger charge is -2.12. The number of ether oxygens (including phenoxy) is 2. The molecule has 2 heteroatoms. The monoisotopic (exact) mass is 180 g/mol. The molecule has 0 saturated heterocycles. The molecule has 1 aromatic carbocycles. The van der Waals surface area contributed by atoms with Gasteiger partial charge in [-0.15, -0.1) is 0 Å². The molecule has 0 spiro atoms. The number of hydrogen-bond acceptors (Lipinski definition) is 2. The van der Waals surface area contributed by atoms with Gasteiger partial charge in [0.15, 0.2) is 0 Å². The van der Waals surface area contributed by atoms with Crippen LogP contribution < -0.4 is 4.74 Å². The molecule has 0 amide bonds. The first-order valence-corrected chi connectivity index (χ1v) is 4.36. The Balaban J connectivity index is 2.95. The predicted octanol–water partition coefficient (Wildman–Crippen LogP) is 2.71. The van der Waals surface area contributed by atoms with Gasteiger partial charge in [-0.1, -0.05) is 6.07 Å². The lowest BCUT2D eigenvalue weighted by atomic mass is 10.1. The van der Waals surface area contributed by atoms with Crippen LogP contribution in [0.15, 0.2) is 18.2 Å². The van der Waals surface area contributed by atoms with Gasteiger partial charge in [0.05, 0.1) is 13.2 Å². The molecule has 1 rings (SSSR count). The molecule has 0 radical (unpaired) electrons. The largest absolute Gasteiger partial charge is 0.496 e. The maximum Gasteiger partial charge on any atom is 0.121 e. The van der Waals surface area contributed by atoms with Gasteiger partial charge >= 0.3 is 0 Å². The van der Waals surface area contributed by atoms with Crippen LogP contribution in [0.3, 0.4) is 0 Å². The van der Waals surface area contributed by atoms with E-state index in [-0.39, 0.29) is 6.10 Å². The maximum absolute atomic E-state index is 5.22. The fraction of sp³-hybridized carbons (Fsp3) is 0.455. The van der Waals surface area contributed by atoms with Crippen LogP contribution in [-0.2, 0) is 4.74 Å². The fourth-order valence-corrected chi connectivity index (χ4v) is 1.29. The van der Waals surface area contributed by atoms with E-state index >= 15 is 0 Å². The van der Waals surface area contributed by atoms with Gasteiger partial charge in [-0.05, 0) is 37.1 Å². The van der Waals surface area contributed by atoms with E-state index in [0.717, 1.165) is 11.3 Å². The van der Waals surface area contributed by atoms with Crippen molar-refractivity contribution >= 4 is 0 Å². The summed E-state index contributed by atoms with van der Waals surface area (Å²) < 4.78 is 10.4. The molecule has 0 aliphatic heterocycles. The zero-order valence-corrected chi connectivity index (χ0v) is 8.63. The van der Waals surface area contributed by atoms with E-state index in [9.17, 15) is 0 Å². The third-order valence-electron chi connectivity index (χ3n) is 2.24. The molecule has 0 N–H and O–H groups in total. The van der Waals surface area contributed by atoms with Gasteiger partial charge in [-0.2, -0.15) is 0 Å². The van der Waals surface area contributed by atoms with Crippen molar-refractivity contribution in [3.05, 3.63) is 29.3 Å². The van der Waals surface area contributed by atoms with Crippen molar-refractivity contribution in [1.82, 2.24) is 0 Å². The molecule has 2 nitrogen and oxygen atoms in total. The highest BCUT2D eigenvalue weighted by molar-refractivity contribution is 5.36. The van der Waals surface area contributed by atoms with E-state index in [2.05, 4.69) is 6.07 Å². The Morgan fingerprint density at radius 3 is 2.38 bits per heavy atom. The summed E-state index contributed by atoms with van der Waals surface area (Å²) >= 11 is 0. The highest BCUT2D eigenvalue weighted by atomic mass is 16.5. The molecule has 72 valence electrons. The van der Waals surface area contributed by atoms with Crippen molar-refractivity contribution in [3.8, 4) is 5.75 Å². The summed E-state index contributed by atoms with van der Waals surface area (Å²) in [6.07, 6.45) is 0.143. The van der Waals surface area contributed by atoms with Crippen LogP contribution in [0.25, 0.3) is 0 Å². The predicted molar refractivity (Wildman–Crippen MR) is 53.2 cm³/mol. The second kappa shape index (κ2) is 4.28. The smallest absolute Gasteiger partial charge is 0.121 e. The minimum atomic E-state index is 0.143. The highest BCUT2D eigenvalue weighted by Gasteiger charge is 2.05. The van der Waals surface area contributed by atoms with Crippen molar-refractivity contribution in [1.29, 1.82) is 0 Å². The normalized spacial score (nSPS) is 12.6. The molecule has 1 aromatic rings. The lowest BCUT2D eigenvalue weighted by Crippen LogP contribution is -1.97. The van der Waals surface area contributed by atoms with E-state index in [4.69, 9.17) is 9.47 Å². The number of benzene rings is 1. The maximum atomic E-state index is 5.22. The summed E-state index contributed by atoms with van der Waals surface area (Å²) in [5.41, 5.74) is 2.32. The number of rotatable bonds is 3. The average Bonchev–Trinajstić information content (AvgIpc) is 2.16. The van der Waals surface area contributed by atoms with Gasteiger partial charge in [0.2, 0.25) is 0 Å². The van der Waals surface area contributed by atoms with Gasteiger partial charge in [-0.3, -0.25) is 0 Å². The molecular formula is C11H16O2. The van der Waals surface area contributed by atoms with Crippen LogP contribution in [0.4, 0.5) is 0 Å². The molecule has 0 fully saturated rings. The van der Waals surface area contributed by atoms with Crippen LogP contribution in [0.5, 0.6) is 5.75 Å². The summed E-state index contributed by atoms with van der Waals surface area (Å²) in [4.78, 5) is 0. The standard InChI is InChI=1S/C11H16O2/c1-8-7-10(9(2)12-3)5-6-11(8)13-4/h5-7,9H,1-4H3. The third-order valence-corrected chi connectivity index (χ3v) is 2.24. The third kappa shape index (κ3) is 2.22. The minimum absolute atomic E-state index is 0.143. The lowest BCUT2D eigenvalue weighted by molar-refractivity contribution is 0.119. The van der Waals surface area contributed by atoms with Gasteiger partial charge in [0.25, 0.3) is 0 Å². The molecule has 1 atom stereocenters. The Morgan fingerprint density at radius 2 is 1.92 bits per heavy atom. The zero-order valence-electron chi connectivity index (χ0n) is 8.63. The first-order chi connectivity index (χ1) is 6.19. The van der Waals surface area contributed by atoms with E-state index in [1.54, 1.807) is 14.2 Å². The zero-order chi connectivity index (χ0) is 9.84. The van der Waals surface area contributed by atoms with Crippen molar-refractivity contribution < 1.29 is 9.47 Å². The summed E-state index contributed by atoms with van der Waals surface area (Å²) in [5.74, 6) is 0.923. The topological polar surface area (TPSA) is 18.5 Å². The quantitative estimate of drug-likeness (QED) is 0.712. The number of aryl methyl sites for hydroxylation is 1. The van der Waals surface area contributed by atoms with Crippen molar-refractivity contribution in [3.63, 3.8) is 0 Å². The summed E-state index contributed by atoms with van der Waals surface area (Å²) in [6.45, 7) is 4.06. The molecule has 0 aliphatic rings. The Bertz CT molecular complexity index is 281. The fourth-order valence-electron chi connectivity index (χ4n) is 1.29. The van der Waals surface area contributed by atoms with E-state index in [1.165, 1.54) is 5.56 Å². The van der Waals surface area contributed by atoms with E-state index in [1.807, 2.05) is 26.0 Å². The van der Waals surface area contributed by atoms with Crippen LogP contribution in [0.2, 0.25) is 0 Å². The average molecular weight is 180 g/mol. The Labute approximate surface area is 79.5 Å². The van der Waals surface area contributed by atoms with Crippen molar-refractivity contribution in [2.45, 2.75) is 20.0 Å². The van der Waals surface area contributed by atoms with Crippen LogP contribution in [0, 0.1) is 6.92 Å². The van der Waals surface area contributed by atoms with E-state index < -0.39 is 0 Å². The molecule has 0 saturated carbocycles. The second-order valence-electron chi connectivity index (χ2n) is 3.11. The van der Waals surface area contributed by atoms with Crippen molar-refractivity contribution in [2.75, 3.05) is 14.2 Å². The second-order valence-corrected chi connectivity index (χ2v) is 3.11. The van der Waals surface area contributed by atoms with Gasteiger partial charge in [-0.25, -0.2) is 0 Å². The summed E-state index contributed by atoms with van der Waals surface area (Å²) in [7, 11) is 3.39. The van der Waals surface area contributed by atoms with E-state index in [0.29, 0.717) is 0 Å². The highest BCUT2D eigenvalue weighted by Crippen LogP contribution is 2.23. The number of hydrogen-bond donors (Lipinski definition) is 0. The Hall–Kier alpha value is -1.02. The molecule has 0 aliphatic carbocycles. The molecule has 1 unspecified atom stereocenters. The SMILES string of the molecule is COc1ccc(C(C)OC)cc1C. The van der Waals surface area contributed by atoms with Crippen molar-refractivity contribution in [2.24, 2.45) is 0 Å². The molecule has 13 heavy (non-hydrogen) atoms. The Morgan fingerprint density at radius 1 is 1.23 bits per heavy atom. The summed E-state index contributed by atoms with van der Waals surface area (Å²) in [6, 6.07) is 6.09. The van der Waals surface area contributed by atoms with Crippen LogP contribution in [-0.4, -0.2) is 14.2 Å². The molecule has 0 heterocycles. The first-order valence-electron chi connectivity index (χ1n) is 4.36. The minimum Gasteiger partial charge on any atom is -0.496 e. The van der Waals surface area contributed by atoms with Gasteiger partial charge < -0.3 is 9.47 Å². The van der Waals surface area contributed by atoms with Crippen LogP contribution >= 0.6 is 0 Å². The molecule has 0 aromatic heterocycles. The van der Waals surface area contributed by atoms with Crippen LogP contribution in [0.1, 0.15) is 24.2 Å². The molecular weight excluding hydrogens is 164 g/mol. The molecule has 0 bridgehead atoms. The Kier molecular flexibility index (Phi) is 3.32. The number of methoxy groups -OCH3 is 2. The summed E-state index contributed by atoms with van der Waals surface area (Å²) in [5, 5.41) is 0.